The highest BCUT2D eigenvalue weighted by molar-refractivity contribution is 7.89. The second-order valence-electron chi connectivity index (χ2n) is 8.04. The van der Waals surface area contributed by atoms with Gasteiger partial charge in [-0.05, 0) is 25.0 Å². The zero-order valence-corrected chi connectivity index (χ0v) is 21.2. The monoisotopic (exact) mass is 542 g/mol. The Kier molecular flexibility index (Phi) is 7.86. The molecule has 1 fully saturated rings. The van der Waals surface area contributed by atoms with Crippen LogP contribution in [-0.2, 0) is 19.6 Å². The predicted octanol–water partition coefficient (Wildman–Crippen LogP) is 2.49. The molecule has 0 saturated carbocycles. The van der Waals surface area contributed by atoms with E-state index in [0.717, 1.165) is 6.07 Å². The predicted molar refractivity (Wildman–Crippen MR) is 130 cm³/mol. The number of piperidine rings is 1. The highest BCUT2D eigenvalue weighted by Crippen LogP contribution is 2.40. The molecule has 0 amide bonds. The molecule has 1 atom stereocenters. The highest BCUT2D eigenvalue weighted by atomic mass is 35.5. The molecule has 2 aliphatic heterocycles. The number of esters is 1. The molecule has 1 unspecified atom stereocenters. The molecule has 35 heavy (non-hydrogen) atoms. The molecule has 2 aromatic rings. The number of amidine groups is 1. The first-order chi connectivity index (χ1) is 16.7. The van der Waals surface area contributed by atoms with Crippen LogP contribution in [0.5, 0.6) is 0 Å². The minimum atomic E-state index is -3.56. The topological polar surface area (TPSA) is 121 Å². The van der Waals surface area contributed by atoms with Crippen molar-refractivity contribution < 1.29 is 27.4 Å². The Morgan fingerprint density at radius 3 is 2.71 bits per heavy atom. The van der Waals surface area contributed by atoms with Gasteiger partial charge in [-0.3, -0.25) is 4.99 Å². The van der Waals surface area contributed by atoms with E-state index in [9.17, 15) is 17.6 Å². The highest BCUT2D eigenvalue weighted by Gasteiger charge is 2.38. The van der Waals surface area contributed by atoms with Crippen LogP contribution in [0.15, 0.2) is 46.0 Å². The Balaban J connectivity index is 1.76. The largest absolute Gasteiger partial charge is 0.466 e. The molecule has 1 aromatic heterocycles. The molecule has 0 radical (unpaired) electrons. The first kappa shape index (κ1) is 25.7. The summed E-state index contributed by atoms with van der Waals surface area (Å²) in [7, 11) is -2.30. The lowest BCUT2D eigenvalue weighted by atomic mass is 9.86. The van der Waals surface area contributed by atoms with Crippen LogP contribution in [0.1, 0.15) is 29.5 Å². The van der Waals surface area contributed by atoms with Gasteiger partial charge in [0.25, 0.3) is 0 Å². The second kappa shape index (κ2) is 10.7. The van der Waals surface area contributed by atoms with E-state index in [4.69, 9.17) is 26.4 Å². The first-order valence-corrected chi connectivity index (χ1v) is 13.7. The number of nitrogens with one attached hydrogen (secondary N) is 1. The summed E-state index contributed by atoms with van der Waals surface area (Å²) in [4.78, 5) is 22.1. The molecule has 2 aliphatic rings. The quantitative estimate of drug-likeness (QED) is 0.515. The number of ether oxygens (including phenoxy) is 1. The van der Waals surface area contributed by atoms with Gasteiger partial charge in [-0.25, -0.2) is 26.9 Å². The van der Waals surface area contributed by atoms with Crippen LogP contribution in [0.4, 0.5) is 4.39 Å². The van der Waals surface area contributed by atoms with Crippen molar-refractivity contribution in [2.45, 2.75) is 18.9 Å². The molecule has 0 spiro atoms. The Labute approximate surface area is 211 Å². The number of hydrogen-bond donors (Lipinski definition) is 2. The number of sulfonamides is 1. The molecule has 3 heterocycles. The summed E-state index contributed by atoms with van der Waals surface area (Å²) in [5.41, 5.74) is 1.23. The van der Waals surface area contributed by atoms with Crippen molar-refractivity contribution in [1.82, 2.24) is 14.6 Å². The molecule has 188 valence electrons. The summed E-state index contributed by atoms with van der Waals surface area (Å²) in [5, 5.41) is 14.8. The number of carbonyl (C=O) groups is 1. The van der Waals surface area contributed by atoms with E-state index in [2.05, 4.69) is 10.3 Å². The number of carbonyl (C=O) groups excluding carboxylic acids is 1. The van der Waals surface area contributed by atoms with Gasteiger partial charge < -0.3 is 15.2 Å². The number of aromatic nitrogens is 1. The fourth-order valence-electron chi connectivity index (χ4n) is 4.29. The number of aliphatic hydroxyl groups excluding tert-OH is 1. The molecule has 1 aromatic carbocycles. The van der Waals surface area contributed by atoms with Crippen LogP contribution >= 0.6 is 22.9 Å². The molecule has 9 nitrogen and oxygen atoms in total. The third-order valence-electron chi connectivity index (χ3n) is 5.98. The Morgan fingerprint density at radius 2 is 2.11 bits per heavy atom. The summed E-state index contributed by atoms with van der Waals surface area (Å²) >= 11 is 7.73. The molecule has 2 N–H and O–H groups in total. The number of aliphatic hydroxyl groups is 1. The molecule has 4 rings (SSSR count). The van der Waals surface area contributed by atoms with Crippen LogP contribution in [0, 0.1) is 11.7 Å². The fraction of sp³-hybridized carbons (Fsp3) is 0.409. The Morgan fingerprint density at radius 1 is 1.37 bits per heavy atom. The number of halogens is 2. The van der Waals surface area contributed by atoms with E-state index < -0.39 is 34.5 Å². The average molecular weight is 543 g/mol. The lowest BCUT2D eigenvalue weighted by molar-refractivity contribution is -0.136. The summed E-state index contributed by atoms with van der Waals surface area (Å²) in [6, 6.07) is 3.03. The minimum absolute atomic E-state index is 0.116. The van der Waals surface area contributed by atoms with Crippen LogP contribution in [0.3, 0.4) is 0 Å². The number of aliphatic imine (C=N–C) groups is 1. The summed E-state index contributed by atoms with van der Waals surface area (Å²) < 4.78 is 45.0. The van der Waals surface area contributed by atoms with Crippen molar-refractivity contribution in [1.29, 1.82) is 0 Å². The number of benzene rings is 1. The number of nitrogens with zero attached hydrogens (tertiary/aromatic N) is 3. The Bertz CT molecular complexity index is 1260. The Hall–Kier alpha value is -2.38. The lowest BCUT2D eigenvalue weighted by Crippen LogP contribution is -2.44. The molecule has 0 aliphatic carbocycles. The number of methoxy groups -OCH3 is 1. The zero-order valence-electron chi connectivity index (χ0n) is 18.8. The van der Waals surface area contributed by atoms with Gasteiger partial charge in [-0.15, -0.1) is 11.3 Å². The molecular weight excluding hydrogens is 519 g/mol. The van der Waals surface area contributed by atoms with Crippen LogP contribution < -0.4 is 5.32 Å². The SMILES string of the molecule is COC(=O)C1=C(C2CCN(S(=O)(=O)CCO)CC2)NC(c2nccs2)=NC1c1ccc(F)cc1Cl. The average Bonchev–Trinajstić information content (AvgIpc) is 3.38. The standard InChI is InChI=1S/C22H24ClFN4O5S2/c1-33-22(30)17-18(13-4-7-28(8-5-13)35(31,32)11-9-29)26-20(21-25-6-10-34-21)27-19(17)15-3-2-14(24)12-16(15)23/h2-3,6,10,12-13,19,29H,4-5,7-9,11H2,1H3,(H,26,27). The van der Waals surface area contributed by atoms with Crippen molar-refractivity contribution in [2.75, 3.05) is 32.6 Å². The van der Waals surface area contributed by atoms with E-state index in [1.807, 2.05) is 0 Å². The zero-order chi connectivity index (χ0) is 25.2. The normalized spacial score (nSPS) is 19.9. The van der Waals surface area contributed by atoms with Gasteiger partial charge in [-0.1, -0.05) is 17.7 Å². The summed E-state index contributed by atoms with van der Waals surface area (Å²) in [5.74, 6) is -1.25. The maximum atomic E-state index is 13.8. The van der Waals surface area contributed by atoms with Crippen LogP contribution in [0.25, 0.3) is 0 Å². The van der Waals surface area contributed by atoms with Gasteiger partial charge in [0.05, 0.1) is 25.0 Å². The van der Waals surface area contributed by atoms with Gasteiger partial charge >= 0.3 is 5.97 Å². The number of hydrogen-bond acceptors (Lipinski definition) is 9. The van der Waals surface area contributed by atoms with Crippen molar-refractivity contribution in [3.63, 3.8) is 0 Å². The molecule has 1 saturated heterocycles. The van der Waals surface area contributed by atoms with Gasteiger partial charge in [0.1, 0.15) is 11.9 Å². The summed E-state index contributed by atoms with van der Waals surface area (Å²) in [6.07, 6.45) is 2.50. The van der Waals surface area contributed by atoms with E-state index in [1.54, 1.807) is 11.6 Å². The fourth-order valence-corrected chi connectivity index (χ4v) is 6.40. The first-order valence-electron chi connectivity index (χ1n) is 10.9. The third-order valence-corrected chi connectivity index (χ3v) is 8.93. The van der Waals surface area contributed by atoms with Gasteiger partial charge in [0.15, 0.2) is 10.8 Å². The van der Waals surface area contributed by atoms with Gasteiger partial charge in [0.2, 0.25) is 10.0 Å². The van der Waals surface area contributed by atoms with Crippen LogP contribution in [-0.4, -0.2) is 67.2 Å². The van der Waals surface area contributed by atoms with Crippen molar-refractivity contribution >= 4 is 44.8 Å². The molecular formula is C22H24ClFN4O5S2. The van der Waals surface area contributed by atoms with Crippen molar-refractivity contribution in [3.8, 4) is 0 Å². The third kappa shape index (κ3) is 5.41. The maximum Gasteiger partial charge on any atom is 0.338 e. The van der Waals surface area contributed by atoms with Crippen molar-refractivity contribution in [2.24, 2.45) is 10.9 Å². The molecule has 0 bridgehead atoms. The minimum Gasteiger partial charge on any atom is -0.466 e. The van der Waals surface area contributed by atoms with E-state index >= 15 is 0 Å². The smallest absolute Gasteiger partial charge is 0.338 e. The van der Waals surface area contributed by atoms with Crippen LogP contribution in [0.2, 0.25) is 5.02 Å². The number of allylic oxidation sites excluding steroid dienone is 1. The summed E-state index contributed by atoms with van der Waals surface area (Å²) in [6.45, 7) is 0.0197. The van der Waals surface area contributed by atoms with Crippen molar-refractivity contribution in [3.05, 3.63) is 62.5 Å². The lowest BCUT2D eigenvalue weighted by Gasteiger charge is -2.36. The number of rotatable bonds is 7. The van der Waals surface area contributed by atoms with Gasteiger partial charge in [0, 0.05) is 46.9 Å². The molecule has 13 heteroatoms. The second-order valence-corrected chi connectivity index (χ2v) is 11.4. The number of thiazole rings is 1. The van der Waals surface area contributed by atoms with Gasteiger partial charge in [-0.2, -0.15) is 0 Å². The maximum absolute atomic E-state index is 13.8. The van der Waals surface area contributed by atoms with E-state index in [-0.39, 0.29) is 35.4 Å². The van der Waals surface area contributed by atoms with E-state index in [1.165, 1.54) is 34.9 Å². The van der Waals surface area contributed by atoms with E-state index in [0.29, 0.717) is 34.9 Å².